The predicted octanol–water partition coefficient (Wildman–Crippen LogP) is 3.24. The van der Waals surface area contributed by atoms with Gasteiger partial charge in [0.2, 0.25) is 5.78 Å². The van der Waals surface area contributed by atoms with Crippen molar-refractivity contribution in [3.8, 4) is 0 Å². The monoisotopic (exact) mass is 350 g/mol. The zero-order valence-electron chi connectivity index (χ0n) is 15.7. The number of aliphatic hydroxyl groups is 3. The first-order chi connectivity index (χ1) is 11.7. The molecule has 1 unspecified atom stereocenters. The van der Waals surface area contributed by atoms with Crippen LogP contribution in [0, 0.1) is 40.4 Å². The molecule has 3 N–H and O–H groups in total. The van der Waals surface area contributed by atoms with Gasteiger partial charge < -0.3 is 15.3 Å². The third-order valence-corrected chi connectivity index (χ3v) is 9.23. The second-order valence-electron chi connectivity index (χ2n) is 10.1. The van der Waals surface area contributed by atoms with E-state index in [2.05, 4.69) is 13.8 Å². The van der Waals surface area contributed by atoms with Gasteiger partial charge in [-0.1, -0.05) is 26.7 Å². The molecule has 4 fully saturated rings. The van der Waals surface area contributed by atoms with Crippen LogP contribution in [0.25, 0.3) is 0 Å². The lowest BCUT2D eigenvalue weighted by molar-refractivity contribution is -0.291. The lowest BCUT2D eigenvalue weighted by Crippen LogP contribution is -2.54. The number of Topliss-reactive ketones (excluding diaryl/α,β-unsaturated/α-hetero) is 1. The van der Waals surface area contributed by atoms with E-state index in [4.69, 9.17) is 0 Å². The van der Waals surface area contributed by atoms with E-state index in [0.29, 0.717) is 23.7 Å². The van der Waals surface area contributed by atoms with Gasteiger partial charge >= 0.3 is 5.97 Å². The summed E-state index contributed by atoms with van der Waals surface area (Å²) in [5.41, 5.74) is 0.287. The van der Waals surface area contributed by atoms with Crippen molar-refractivity contribution in [2.24, 2.45) is 40.4 Å². The van der Waals surface area contributed by atoms with Crippen LogP contribution in [0.3, 0.4) is 0 Å². The maximum atomic E-state index is 12.4. The van der Waals surface area contributed by atoms with E-state index >= 15 is 0 Å². The van der Waals surface area contributed by atoms with Crippen molar-refractivity contribution < 1.29 is 20.1 Å². The van der Waals surface area contributed by atoms with Crippen LogP contribution in [-0.4, -0.2) is 27.1 Å². The summed E-state index contributed by atoms with van der Waals surface area (Å²) >= 11 is 0. The molecule has 4 heteroatoms. The molecule has 0 bridgehead atoms. The van der Waals surface area contributed by atoms with Gasteiger partial charge in [-0.05, 0) is 85.9 Å². The summed E-state index contributed by atoms with van der Waals surface area (Å²) in [5, 5.41) is 28.3. The van der Waals surface area contributed by atoms with Crippen LogP contribution < -0.4 is 0 Å². The first-order valence-electron chi connectivity index (χ1n) is 10.4. The minimum atomic E-state index is -3.17. The molecule has 0 heterocycles. The number of rotatable bonds is 2. The SMILES string of the molecule is C[C@]12CC[C@H]3[C@@H](CCC4CCCC[C@@]43C)[C@@H]1CC[C@@H]2C(=O)C(O)(O)O. The molecule has 0 aromatic heterocycles. The zero-order chi connectivity index (χ0) is 18.0. The van der Waals surface area contributed by atoms with Gasteiger partial charge in [-0.25, -0.2) is 0 Å². The second kappa shape index (κ2) is 5.77. The fourth-order valence-corrected chi connectivity index (χ4v) is 7.96. The molecule has 4 saturated carbocycles. The second-order valence-corrected chi connectivity index (χ2v) is 10.1. The van der Waals surface area contributed by atoms with Crippen LogP contribution in [-0.2, 0) is 4.79 Å². The van der Waals surface area contributed by atoms with Crippen molar-refractivity contribution in [3.05, 3.63) is 0 Å². The standard InChI is InChI=1S/C21H34O4/c1-19-11-4-3-5-13(19)6-7-14-15-8-9-17(18(22)21(23,24)25)20(15,2)12-10-16(14)19/h13-17,23-25H,3-12H2,1-2H3/t13?,14-,15-,16-,17+,19-,20-/m0/s1. The number of hydrogen-bond acceptors (Lipinski definition) is 4. The van der Waals surface area contributed by atoms with Crippen LogP contribution in [0.15, 0.2) is 0 Å². The first kappa shape index (κ1) is 17.9. The maximum Gasteiger partial charge on any atom is 0.339 e. The van der Waals surface area contributed by atoms with Crippen molar-refractivity contribution in [1.82, 2.24) is 0 Å². The Hall–Kier alpha value is -0.450. The van der Waals surface area contributed by atoms with Crippen LogP contribution >= 0.6 is 0 Å². The van der Waals surface area contributed by atoms with Gasteiger partial charge in [0, 0.05) is 5.92 Å². The number of ketones is 1. The smallest absolute Gasteiger partial charge is 0.337 e. The quantitative estimate of drug-likeness (QED) is 0.668. The molecule has 0 amide bonds. The topological polar surface area (TPSA) is 77.8 Å². The summed E-state index contributed by atoms with van der Waals surface area (Å²) in [4.78, 5) is 12.4. The molecule has 0 spiro atoms. The number of carbonyl (C=O) groups excluding carboxylic acids is 1. The third-order valence-electron chi connectivity index (χ3n) is 9.23. The Kier molecular flexibility index (Phi) is 4.14. The molecule has 7 atom stereocenters. The predicted molar refractivity (Wildman–Crippen MR) is 94.2 cm³/mol. The maximum absolute atomic E-state index is 12.4. The summed E-state index contributed by atoms with van der Waals surface area (Å²) in [6, 6.07) is 0. The van der Waals surface area contributed by atoms with Crippen LogP contribution in [0.1, 0.15) is 78.1 Å². The van der Waals surface area contributed by atoms with E-state index in [1.165, 1.54) is 38.5 Å². The highest BCUT2D eigenvalue weighted by molar-refractivity contribution is 5.87. The lowest BCUT2D eigenvalue weighted by atomic mass is 9.45. The van der Waals surface area contributed by atoms with Gasteiger partial charge in [-0.3, -0.25) is 4.79 Å². The lowest BCUT2D eigenvalue weighted by Gasteiger charge is -2.60. The summed E-state index contributed by atoms with van der Waals surface area (Å²) in [6.07, 6.45) is 11.9. The summed E-state index contributed by atoms with van der Waals surface area (Å²) in [5.74, 6) is -1.58. The van der Waals surface area contributed by atoms with E-state index < -0.39 is 17.7 Å². The van der Waals surface area contributed by atoms with E-state index in [0.717, 1.165) is 31.1 Å². The largest absolute Gasteiger partial charge is 0.339 e. The van der Waals surface area contributed by atoms with Gasteiger partial charge in [0.1, 0.15) is 0 Å². The van der Waals surface area contributed by atoms with Crippen molar-refractivity contribution in [2.45, 2.75) is 84.0 Å². The van der Waals surface area contributed by atoms with Crippen molar-refractivity contribution >= 4 is 5.78 Å². The normalized spacial score (nSPS) is 49.9. The summed E-state index contributed by atoms with van der Waals surface area (Å²) in [6.45, 7) is 4.71. The molecule has 25 heavy (non-hydrogen) atoms. The molecule has 0 aromatic rings. The van der Waals surface area contributed by atoms with E-state index in [1.54, 1.807) is 0 Å². The Bertz CT molecular complexity index is 553. The van der Waals surface area contributed by atoms with Gasteiger partial charge in [-0.2, -0.15) is 0 Å². The Balaban J connectivity index is 1.61. The molecular weight excluding hydrogens is 316 g/mol. The van der Waals surface area contributed by atoms with E-state index in [9.17, 15) is 20.1 Å². The average molecular weight is 350 g/mol. The third kappa shape index (κ3) is 2.55. The Morgan fingerprint density at radius 3 is 2.28 bits per heavy atom. The highest BCUT2D eigenvalue weighted by Gasteiger charge is 2.62. The minimum absolute atomic E-state index is 0.185. The fraction of sp³-hybridized carbons (Fsp3) is 0.952. The molecule has 0 aromatic carbocycles. The molecule has 0 saturated heterocycles. The molecule has 142 valence electrons. The van der Waals surface area contributed by atoms with Crippen LogP contribution in [0.4, 0.5) is 0 Å². The van der Waals surface area contributed by atoms with Gasteiger partial charge in [0.05, 0.1) is 0 Å². The van der Waals surface area contributed by atoms with Crippen LogP contribution in [0.5, 0.6) is 0 Å². The van der Waals surface area contributed by atoms with Crippen molar-refractivity contribution in [2.75, 3.05) is 0 Å². The zero-order valence-corrected chi connectivity index (χ0v) is 15.7. The Labute approximate surface area is 151 Å². The molecule has 4 rings (SSSR count). The number of hydrogen-bond donors (Lipinski definition) is 3. The Morgan fingerprint density at radius 2 is 1.56 bits per heavy atom. The van der Waals surface area contributed by atoms with E-state index in [1.807, 2.05) is 0 Å². The fourth-order valence-electron chi connectivity index (χ4n) is 7.96. The Morgan fingerprint density at radius 1 is 0.840 bits per heavy atom. The van der Waals surface area contributed by atoms with Gasteiger partial charge in [-0.15, -0.1) is 0 Å². The van der Waals surface area contributed by atoms with Gasteiger partial charge in [0.25, 0.3) is 0 Å². The summed E-state index contributed by atoms with van der Waals surface area (Å²) in [7, 11) is 0. The molecular formula is C21H34O4. The highest BCUT2D eigenvalue weighted by atomic mass is 16.7. The van der Waals surface area contributed by atoms with Crippen molar-refractivity contribution in [3.63, 3.8) is 0 Å². The van der Waals surface area contributed by atoms with Crippen LogP contribution in [0.2, 0.25) is 0 Å². The molecule has 0 radical (unpaired) electrons. The summed E-state index contributed by atoms with van der Waals surface area (Å²) < 4.78 is 0. The number of carbonyl (C=O) groups is 1. The minimum Gasteiger partial charge on any atom is -0.337 e. The molecule has 4 aliphatic carbocycles. The molecule has 4 nitrogen and oxygen atoms in total. The molecule has 0 aliphatic heterocycles. The van der Waals surface area contributed by atoms with Crippen molar-refractivity contribution in [1.29, 1.82) is 0 Å². The molecule has 4 aliphatic rings. The van der Waals surface area contributed by atoms with Gasteiger partial charge in [0.15, 0.2) is 0 Å². The average Bonchev–Trinajstić information content (AvgIpc) is 2.89. The highest BCUT2D eigenvalue weighted by Crippen LogP contribution is 2.67. The number of fused-ring (bicyclic) bond motifs is 5. The first-order valence-corrected chi connectivity index (χ1v) is 10.4. The van der Waals surface area contributed by atoms with E-state index in [-0.39, 0.29) is 5.41 Å².